The van der Waals surface area contributed by atoms with E-state index in [2.05, 4.69) is 4.18 Å². The second-order valence-electron chi connectivity index (χ2n) is 8.76. The number of aromatic carboxylic acids is 1. The number of pyridine rings is 1. The number of rotatable bonds is 3. The fourth-order valence-corrected chi connectivity index (χ4v) is 4.41. The summed E-state index contributed by atoms with van der Waals surface area (Å²) in [5.41, 5.74) is -6.72. The first-order chi connectivity index (χ1) is 15.1. The van der Waals surface area contributed by atoms with Gasteiger partial charge in [-0.3, -0.25) is 4.79 Å². The van der Waals surface area contributed by atoms with Gasteiger partial charge in [0.25, 0.3) is 0 Å². The maximum absolute atomic E-state index is 12.8. The number of aromatic nitrogens is 1. The van der Waals surface area contributed by atoms with Crippen molar-refractivity contribution >= 4 is 27.1 Å². The van der Waals surface area contributed by atoms with E-state index in [-0.39, 0.29) is 29.5 Å². The highest BCUT2D eigenvalue weighted by molar-refractivity contribution is 7.88. The van der Waals surface area contributed by atoms with Crippen LogP contribution in [-0.4, -0.2) is 29.6 Å². The Morgan fingerprint density at radius 1 is 1.24 bits per heavy atom. The van der Waals surface area contributed by atoms with Crippen molar-refractivity contribution < 1.29 is 40.1 Å². The van der Waals surface area contributed by atoms with Crippen LogP contribution >= 0.6 is 0 Å². The summed E-state index contributed by atoms with van der Waals surface area (Å²) in [5, 5.41) is 9.70. The molecule has 176 valence electrons. The van der Waals surface area contributed by atoms with Crippen molar-refractivity contribution in [1.82, 2.24) is 4.57 Å². The largest absolute Gasteiger partial charge is 0.534 e. The molecule has 1 atom stereocenters. The number of nitrogens with zero attached hydrogens (tertiary/aromatic N) is 1. The number of alkyl halides is 3. The number of hydrogen-bond acceptors (Lipinski definition) is 6. The average Bonchev–Trinajstić information content (AvgIpc) is 3.05. The number of benzene rings is 1. The number of carbonyl (C=O) groups is 1. The van der Waals surface area contributed by atoms with E-state index in [0.717, 1.165) is 12.1 Å². The van der Waals surface area contributed by atoms with Gasteiger partial charge in [-0.15, -0.1) is 0 Å². The third-order valence-corrected chi connectivity index (χ3v) is 6.51. The zero-order valence-corrected chi connectivity index (χ0v) is 18.4. The number of furan rings is 1. The van der Waals surface area contributed by atoms with Gasteiger partial charge in [0.15, 0.2) is 22.5 Å². The number of halogens is 3. The van der Waals surface area contributed by atoms with Crippen LogP contribution in [0.3, 0.4) is 0 Å². The Labute approximate surface area is 185 Å². The van der Waals surface area contributed by atoms with Crippen LogP contribution in [-0.2, 0) is 16.5 Å². The van der Waals surface area contributed by atoms with Gasteiger partial charge in [-0.25, -0.2) is 4.79 Å². The smallest absolute Gasteiger partial charge is 0.477 e. The van der Waals surface area contributed by atoms with Crippen LogP contribution in [0.5, 0.6) is 5.75 Å². The molecule has 2 aromatic heterocycles. The third kappa shape index (κ3) is 3.67. The molecular formula is C21H18F3NO7S. The molecule has 12 heteroatoms. The van der Waals surface area contributed by atoms with Gasteiger partial charge in [0, 0.05) is 29.3 Å². The summed E-state index contributed by atoms with van der Waals surface area (Å²) in [7, 11) is -5.94. The molecule has 0 aliphatic carbocycles. The van der Waals surface area contributed by atoms with Crippen LogP contribution in [0.2, 0.25) is 0 Å². The molecule has 0 spiro atoms. The first-order valence-electron chi connectivity index (χ1n) is 9.67. The lowest BCUT2D eigenvalue weighted by Gasteiger charge is -2.37. The van der Waals surface area contributed by atoms with E-state index in [9.17, 15) is 36.3 Å². The molecular weight excluding hydrogens is 467 g/mol. The van der Waals surface area contributed by atoms with Crippen molar-refractivity contribution in [2.75, 3.05) is 0 Å². The minimum Gasteiger partial charge on any atom is -0.477 e. The zero-order chi connectivity index (χ0) is 24.5. The van der Waals surface area contributed by atoms with Gasteiger partial charge in [-0.1, -0.05) is 32.9 Å². The van der Waals surface area contributed by atoms with E-state index < -0.39 is 43.8 Å². The number of carboxylic acids is 1. The summed E-state index contributed by atoms with van der Waals surface area (Å²) < 4.78 is 73.3. The van der Waals surface area contributed by atoms with Crippen molar-refractivity contribution in [2.24, 2.45) is 5.41 Å². The lowest BCUT2D eigenvalue weighted by molar-refractivity contribution is -0.0499. The van der Waals surface area contributed by atoms with Gasteiger partial charge in [0.1, 0.15) is 5.56 Å². The maximum atomic E-state index is 12.8. The first kappa shape index (κ1) is 22.9. The highest BCUT2D eigenvalue weighted by Gasteiger charge is 2.49. The monoisotopic (exact) mass is 485 g/mol. The molecule has 4 rings (SSSR count). The molecule has 0 unspecified atom stereocenters. The Hall–Kier alpha value is -3.28. The van der Waals surface area contributed by atoms with Gasteiger partial charge in [0.05, 0.1) is 5.69 Å². The number of fused-ring (bicyclic) bond motifs is 5. The molecule has 0 saturated carbocycles. The van der Waals surface area contributed by atoms with E-state index in [1.165, 1.54) is 12.3 Å². The Kier molecular flexibility index (Phi) is 4.93. The fraction of sp³-hybridized carbons (Fsp3) is 0.333. The van der Waals surface area contributed by atoms with Crippen LogP contribution < -0.4 is 9.61 Å². The summed E-state index contributed by atoms with van der Waals surface area (Å²) in [6, 6.07) is 4.66. The highest BCUT2D eigenvalue weighted by atomic mass is 32.2. The highest BCUT2D eigenvalue weighted by Crippen LogP contribution is 2.47. The van der Waals surface area contributed by atoms with Crippen LogP contribution in [0.25, 0.3) is 22.4 Å². The van der Waals surface area contributed by atoms with Gasteiger partial charge in [-0.05, 0) is 17.9 Å². The van der Waals surface area contributed by atoms with Gasteiger partial charge < -0.3 is 18.3 Å². The fourth-order valence-electron chi connectivity index (χ4n) is 3.95. The molecule has 33 heavy (non-hydrogen) atoms. The van der Waals surface area contributed by atoms with Crippen LogP contribution in [0.15, 0.2) is 39.7 Å². The average molecular weight is 485 g/mol. The molecule has 0 amide bonds. The molecule has 0 saturated heterocycles. The normalized spacial score (nSPS) is 16.4. The molecule has 1 aromatic carbocycles. The topological polar surface area (TPSA) is 116 Å². The van der Waals surface area contributed by atoms with Crippen LogP contribution in [0, 0.1) is 5.41 Å². The molecule has 1 aliphatic heterocycles. The van der Waals surface area contributed by atoms with Gasteiger partial charge in [0.2, 0.25) is 0 Å². The Bertz CT molecular complexity index is 1460. The van der Waals surface area contributed by atoms with E-state index in [0.29, 0.717) is 10.9 Å². The Balaban J connectivity index is 1.99. The molecule has 3 heterocycles. The molecule has 0 bridgehead atoms. The van der Waals surface area contributed by atoms with Crippen molar-refractivity contribution in [2.45, 2.75) is 38.7 Å². The lowest BCUT2D eigenvalue weighted by atomic mass is 9.80. The first-order valence-corrected chi connectivity index (χ1v) is 11.1. The van der Waals surface area contributed by atoms with E-state index in [4.69, 9.17) is 4.42 Å². The molecule has 1 N–H and O–H groups in total. The van der Waals surface area contributed by atoms with E-state index in [1.54, 1.807) is 10.6 Å². The summed E-state index contributed by atoms with van der Waals surface area (Å²) in [5.74, 6) is -1.92. The molecule has 8 nitrogen and oxygen atoms in total. The summed E-state index contributed by atoms with van der Waals surface area (Å²) in [6.07, 6.45) is 1.51. The summed E-state index contributed by atoms with van der Waals surface area (Å²) >= 11 is 0. The summed E-state index contributed by atoms with van der Waals surface area (Å²) in [6.45, 7) is 5.74. The Morgan fingerprint density at radius 2 is 1.91 bits per heavy atom. The minimum absolute atomic E-state index is 0.125. The van der Waals surface area contributed by atoms with Crippen molar-refractivity contribution in [3.8, 4) is 17.2 Å². The van der Waals surface area contributed by atoms with Gasteiger partial charge in [-0.2, -0.15) is 21.6 Å². The Morgan fingerprint density at radius 3 is 2.48 bits per heavy atom. The van der Waals surface area contributed by atoms with Gasteiger partial charge >= 0.3 is 21.6 Å². The van der Waals surface area contributed by atoms with E-state index >= 15 is 0 Å². The third-order valence-electron chi connectivity index (χ3n) is 5.54. The minimum atomic E-state index is -5.94. The predicted octanol–water partition coefficient (Wildman–Crippen LogP) is 4.33. The second kappa shape index (κ2) is 7.11. The molecule has 0 fully saturated rings. The maximum Gasteiger partial charge on any atom is 0.534 e. The van der Waals surface area contributed by atoms with Crippen LogP contribution in [0.4, 0.5) is 13.2 Å². The SMILES string of the molecule is CC(C)(C)[C@@H]1Cc2c(oc3c(OS(=O)(=O)C(F)(F)F)cccc23)-c2cc(=O)c(C(=O)O)cn21. The van der Waals surface area contributed by atoms with Crippen LogP contribution in [0.1, 0.15) is 42.7 Å². The predicted molar refractivity (Wildman–Crippen MR) is 111 cm³/mol. The van der Waals surface area contributed by atoms with Crippen molar-refractivity contribution in [1.29, 1.82) is 0 Å². The second-order valence-corrected chi connectivity index (χ2v) is 10.3. The number of carboxylic acid groups (broad SMARTS) is 1. The number of para-hydroxylation sites is 1. The standard InChI is InChI=1S/C21H18F3NO7S/c1-20(2,3)16-7-11-10-5-4-6-15(32-33(29,30)21(22,23)24)18(10)31-17(11)13-8-14(26)12(19(27)28)9-25(13)16/h4-6,8-9,16H,7H2,1-3H3,(H,27,28)/t16-/m0/s1. The molecule has 0 radical (unpaired) electrons. The quantitative estimate of drug-likeness (QED) is 0.434. The zero-order valence-electron chi connectivity index (χ0n) is 17.6. The van der Waals surface area contributed by atoms with Crippen molar-refractivity contribution in [3.05, 3.63) is 51.8 Å². The summed E-state index contributed by atoms with van der Waals surface area (Å²) in [4.78, 5) is 23.9. The molecule has 1 aliphatic rings. The van der Waals surface area contributed by atoms with E-state index in [1.807, 2.05) is 20.8 Å². The molecule has 3 aromatic rings. The lowest BCUT2D eigenvalue weighted by Crippen LogP contribution is -2.32. The number of hydrogen-bond donors (Lipinski definition) is 1. The van der Waals surface area contributed by atoms with Crippen molar-refractivity contribution in [3.63, 3.8) is 0 Å².